The fraction of sp³-hybridized carbons (Fsp3) is 0.385. The third kappa shape index (κ3) is 4.88. The van der Waals surface area contributed by atoms with E-state index in [0.717, 1.165) is 18.0 Å². The number of hydrogen-bond donors (Lipinski definition) is 1. The zero-order valence-electron chi connectivity index (χ0n) is 9.18. The van der Waals surface area contributed by atoms with Gasteiger partial charge in [-0.25, -0.2) is 0 Å². The van der Waals surface area contributed by atoms with Gasteiger partial charge in [-0.05, 0) is 38.0 Å². The van der Waals surface area contributed by atoms with Gasteiger partial charge in [-0.15, -0.1) is 5.92 Å². The SMILES string of the molecule is CC#CCNC(C)Cc1ccc(Cl)cc1. The van der Waals surface area contributed by atoms with E-state index < -0.39 is 0 Å². The minimum Gasteiger partial charge on any atom is -0.303 e. The Balaban J connectivity index is 2.39. The average Bonchev–Trinajstić information content (AvgIpc) is 2.22. The number of benzene rings is 1. The van der Waals surface area contributed by atoms with Gasteiger partial charge in [0.2, 0.25) is 0 Å². The van der Waals surface area contributed by atoms with Crippen molar-refractivity contribution in [2.45, 2.75) is 26.3 Å². The summed E-state index contributed by atoms with van der Waals surface area (Å²) in [5.41, 5.74) is 1.30. The highest BCUT2D eigenvalue weighted by molar-refractivity contribution is 6.30. The van der Waals surface area contributed by atoms with E-state index in [4.69, 9.17) is 11.6 Å². The maximum Gasteiger partial charge on any atom is 0.0578 e. The molecule has 0 bridgehead atoms. The molecule has 0 spiro atoms. The van der Waals surface area contributed by atoms with Gasteiger partial charge in [0.15, 0.2) is 0 Å². The second kappa shape index (κ2) is 6.50. The van der Waals surface area contributed by atoms with Crippen molar-refractivity contribution >= 4 is 11.6 Å². The van der Waals surface area contributed by atoms with Crippen LogP contribution in [0.2, 0.25) is 5.02 Å². The Morgan fingerprint density at radius 2 is 2.00 bits per heavy atom. The van der Waals surface area contributed by atoms with Gasteiger partial charge in [-0.3, -0.25) is 0 Å². The van der Waals surface area contributed by atoms with Crippen LogP contribution in [0.25, 0.3) is 0 Å². The van der Waals surface area contributed by atoms with Crippen molar-refractivity contribution in [1.82, 2.24) is 5.32 Å². The predicted molar refractivity (Wildman–Crippen MR) is 66.1 cm³/mol. The van der Waals surface area contributed by atoms with Crippen LogP contribution < -0.4 is 5.32 Å². The van der Waals surface area contributed by atoms with Crippen LogP contribution in [0.1, 0.15) is 19.4 Å². The normalized spacial score (nSPS) is 11.7. The van der Waals surface area contributed by atoms with E-state index in [1.807, 2.05) is 19.1 Å². The summed E-state index contributed by atoms with van der Waals surface area (Å²) in [6, 6.07) is 8.41. The first kappa shape index (κ1) is 12.1. The van der Waals surface area contributed by atoms with Crippen LogP contribution in [0.15, 0.2) is 24.3 Å². The standard InChI is InChI=1S/C13H16ClN/c1-3-4-9-15-11(2)10-12-5-7-13(14)8-6-12/h5-8,11,15H,9-10H2,1-2H3. The van der Waals surface area contributed by atoms with Crippen LogP contribution in [0.5, 0.6) is 0 Å². The Hall–Kier alpha value is -0.970. The fourth-order valence-corrected chi connectivity index (χ4v) is 1.49. The van der Waals surface area contributed by atoms with Crippen LogP contribution in [-0.2, 0) is 6.42 Å². The van der Waals surface area contributed by atoms with Crippen molar-refractivity contribution in [2.75, 3.05) is 6.54 Å². The summed E-state index contributed by atoms with van der Waals surface area (Å²) in [5.74, 6) is 5.86. The molecule has 1 nitrogen and oxygen atoms in total. The fourth-order valence-electron chi connectivity index (χ4n) is 1.36. The molecular weight excluding hydrogens is 206 g/mol. The van der Waals surface area contributed by atoms with E-state index in [0.29, 0.717) is 6.04 Å². The molecule has 1 aromatic carbocycles. The number of halogens is 1. The molecule has 0 aromatic heterocycles. The second-order valence-corrected chi connectivity index (χ2v) is 3.98. The van der Waals surface area contributed by atoms with E-state index in [-0.39, 0.29) is 0 Å². The highest BCUT2D eigenvalue weighted by Crippen LogP contribution is 2.10. The zero-order chi connectivity index (χ0) is 11.1. The first-order valence-electron chi connectivity index (χ1n) is 5.10. The molecule has 1 unspecified atom stereocenters. The molecule has 1 atom stereocenters. The molecule has 0 radical (unpaired) electrons. The molecule has 0 aliphatic carbocycles. The molecule has 0 fully saturated rings. The zero-order valence-corrected chi connectivity index (χ0v) is 9.93. The smallest absolute Gasteiger partial charge is 0.0578 e. The van der Waals surface area contributed by atoms with Gasteiger partial charge >= 0.3 is 0 Å². The minimum absolute atomic E-state index is 0.437. The van der Waals surface area contributed by atoms with Crippen molar-refractivity contribution in [2.24, 2.45) is 0 Å². The summed E-state index contributed by atoms with van der Waals surface area (Å²) in [4.78, 5) is 0. The van der Waals surface area contributed by atoms with Crippen molar-refractivity contribution in [3.63, 3.8) is 0 Å². The third-order valence-corrected chi connectivity index (χ3v) is 2.42. The molecule has 1 aromatic rings. The Morgan fingerprint density at radius 3 is 2.60 bits per heavy atom. The molecule has 0 heterocycles. The van der Waals surface area contributed by atoms with Crippen LogP contribution >= 0.6 is 11.6 Å². The third-order valence-electron chi connectivity index (χ3n) is 2.17. The second-order valence-electron chi connectivity index (χ2n) is 3.54. The summed E-state index contributed by atoms with van der Waals surface area (Å²) >= 11 is 5.82. The van der Waals surface area contributed by atoms with E-state index in [9.17, 15) is 0 Å². The highest BCUT2D eigenvalue weighted by Gasteiger charge is 2.01. The first-order valence-corrected chi connectivity index (χ1v) is 5.47. The Kier molecular flexibility index (Phi) is 5.25. The van der Waals surface area contributed by atoms with Gasteiger partial charge in [0.25, 0.3) is 0 Å². The van der Waals surface area contributed by atoms with E-state index in [2.05, 4.69) is 36.2 Å². The van der Waals surface area contributed by atoms with Gasteiger partial charge < -0.3 is 5.32 Å². The molecule has 15 heavy (non-hydrogen) atoms. The van der Waals surface area contributed by atoms with Gasteiger partial charge in [0.05, 0.1) is 6.54 Å². The van der Waals surface area contributed by atoms with Gasteiger partial charge in [-0.1, -0.05) is 29.7 Å². The monoisotopic (exact) mass is 221 g/mol. The average molecular weight is 222 g/mol. The highest BCUT2D eigenvalue weighted by atomic mass is 35.5. The molecule has 1 N–H and O–H groups in total. The number of hydrogen-bond acceptors (Lipinski definition) is 1. The summed E-state index contributed by atoms with van der Waals surface area (Å²) in [6.07, 6.45) is 1.00. The summed E-state index contributed by atoms with van der Waals surface area (Å²) in [7, 11) is 0. The van der Waals surface area contributed by atoms with Crippen LogP contribution in [-0.4, -0.2) is 12.6 Å². The lowest BCUT2D eigenvalue weighted by atomic mass is 10.1. The largest absolute Gasteiger partial charge is 0.303 e. The number of rotatable bonds is 4. The molecule has 0 amide bonds. The molecular formula is C13H16ClN. The Bertz CT molecular complexity index is 345. The molecule has 2 heteroatoms. The van der Waals surface area contributed by atoms with E-state index in [1.54, 1.807) is 0 Å². The summed E-state index contributed by atoms with van der Waals surface area (Å²) < 4.78 is 0. The lowest BCUT2D eigenvalue weighted by Crippen LogP contribution is -2.28. The molecule has 0 aliphatic rings. The molecule has 0 aliphatic heterocycles. The van der Waals surface area contributed by atoms with Crippen LogP contribution in [0.3, 0.4) is 0 Å². The Labute approximate surface area is 96.8 Å². The lowest BCUT2D eigenvalue weighted by Gasteiger charge is -2.11. The van der Waals surface area contributed by atoms with Gasteiger partial charge in [0.1, 0.15) is 0 Å². The van der Waals surface area contributed by atoms with Crippen LogP contribution in [0, 0.1) is 11.8 Å². The van der Waals surface area contributed by atoms with E-state index >= 15 is 0 Å². The van der Waals surface area contributed by atoms with Crippen molar-refractivity contribution in [1.29, 1.82) is 0 Å². The quantitative estimate of drug-likeness (QED) is 0.771. The maximum absolute atomic E-state index is 5.82. The Morgan fingerprint density at radius 1 is 1.33 bits per heavy atom. The van der Waals surface area contributed by atoms with Crippen molar-refractivity contribution in [3.8, 4) is 11.8 Å². The van der Waals surface area contributed by atoms with E-state index in [1.165, 1.54) is 5.56 Å². The van der Waals surface area contributed by atoms with Crippen LogP contribution in [0.4, 0.5) is 0 Å². The summed E-state index contributed by atoms with van der Waals surface area (Å²) in [5, 5.41) is 4.13. The van der Waals surface area contributed by atoms with Crippen molar-refractivity contribution in [3.05, 3.63) is 34.9 Å². The topological polar surface area (TPSA) is 12.0 Å². The van der Waals surface area contributed by atoms with Gasteiger partial charge in [0, 0.05) is 11.1 Å². The molecule has 0 saturated heterocycles. The minimum atomic E-state index is 0.437. The molecule has 0 saturated carbocycles. The van der Waals surface area contributed by atoms with Crippen molar-refractivity contribution < 1.29 is 0 Å². The predicted octanol–water partition coefficient (Wildman–Crippen LogP) is 2.88. The molecule has 80 valence electrons. The maximum atomic E-state index is 5.82. The van der Waals surface area contributed by atoms with Gasteiger partial charge in [-0.2, -0.15) is 0 Å². The summed E-state index contributed by atoms with van der Waals surface area (Å²) in [6.45, 7) is 4.77. The lowest BCUT2D eigenvalue weighted by molar-refractivity contribution is 0.585. The number of nitrogens with one attached hydrogen (secondary N) is 1. The first-order chi connectivity index (χ1) is 7.22. The molecule has 1 rings (SSSR count).